The number of likely N-dealkylation sites (N-methyl/N-ethyl adjacent to an activating group) is 1. The summed E-state index contributed by atoms with van der Waals surface area (Å²) in [5, 5.41) is 4.93. The number of aromatic amines is 1. The summed E-state index contributed by atoms with van der Waals surface area (Å²) in [4.78, 5) is 55.7. The summed E-state index contributed by atoms with van der Waals surface area (Å²) in [6, 6.07) is 6.80. The average Bonchev–Trinajstić information content (AvgIpc) is 3.51. The SMILES string of the molecule is CN1CCc2nc(C(=O)N=CC3CC[C@H](C(=O)N(C)C)C[C@@H]3NC(=O)c3cc4cc(Cl)ccc4[nH]3)sc2C1. The summed E-state index contributed by atoms with van der Waals surface area (Å²) in [5.41, 5.74) is 2.21. The second-order valence-electron chi connectivity index (χ2n) is 10.4. The van der Waals surface area contributed by atoms with Gasteiger partial charge in [-0.2, -0.15) is 0 Å². The first-order valence-electron chi connectivity index (χ1n) is 12.7. The van der Waals surface area contributed by atoms with Crippen molar-refractivity contribution in [1.82, 2.24) is 25.1 Å². The van der Waals surface area contributed by atoms with Crippen molar-refractivity contribution in [2.24, 2.45) is 16.8 Å². The van der Waals surface area contributed by atoms with Crippen LogP contribution >= 0.6 is 22.9 Å². The van der Waals surface area contributed by atoms with Crippen molar-refractivity contribution in [1.29, 1.82) is 0 Å². The highest BCUT2D eigenvalue weighted by atomic mass is 35.5. The number of benzene rings is 1. The zero-order valence-electron chi connectivity index (χ0n) is 21.7. The minimum Gasteiger partial charge on any atom is -0.351 e. The van der Waals surface area contributed by atoms with Crippen LogP contribution < -0.4 is 5.32 Å². The van der Waals surface area contributed by atoms with E-state index in [0.717, 1.165) is 41.0 Å². The van der Waals surface area contributed by atoms with Crippen molar-refractivity contribution >= 4 is 57.8 Å². The van der Waals surface area contributed by atoms with E-state index in [1.165, 1.54) is 11.3 Å². The number of amides is 3. The molecule has 1 unspecified atom stereocenters. The first kappa shape index (κ1) is 26.5. The van der Waals surface area contributed by atoms with Gasteiger partial charge in [-0.05, 0) is 50.6 Å². The second-order valence-corrected chi connectivity index (χ2v) is 11.9. The van der Waals surface area contributed by atoms with Gasteiger partial charge in [0.05, 0.1) is 5.69 Å². The lowest BCUT2D eigenvalue weighted by molar-refractivity contribution is -0.134. The molecule has 0 bridgehead atoms. The van der Waals surface area contributed by atoms with E-state index in [1.54, 1.807) is 43.4 Å². The number of H-pyrrole nitrogens is 1. The van der Waals surface area contributed by atoms with Gasteiger partial charge >= 0.3 is 5.91 Å². The zero-order chi connectivity index (χ0) is 27.0. The van der Waals surface area contributed by atoms with E-state index >= 15 is 0 Å². The molecule has 38 heavy (non-hydrogen) atoms. The first-order chi connectivity index (χ1) is 18.2. The summed E-state index contributed by atoms with van der Waals surface area (Å²) < 4.78 is 0. The van der Waals surface area contributed by atoms with Crippen molar-refractivity contribution in [3.8, 4) is 0 Å². The van der Waals surface area contributed by atoms with E-state index in [2.05, 4.69) is 32.2 Å². The van der Waals surface area contributed by atoms with Crippen LogP contribution in [0.2, 0.25) is 5.02 Å². The van der Waals surface area contributed by atoms with Gasteiger partial charge in [-0.25, -0.2) is 9.98 Å². The molecular weight excluding hydrogens is 524 g/mol. The maximum atomic E-state index is 13.2. The van der Waals surface area contributed by atoms with E-state index in [9.17, 15) is 14.4 Å². The Morgan fingerprint density at radius 3 is 2.87 bits per heavy atom. The number of fused-ring (bicyclic) bond motifs is 2. The van der Waals surface area contributed by atoms with Crippen LogP contribution in [0.1, 0.15) is 50.1 Å². The molecule has 1 aliphatic carbocycles. The highest BCUT2D eigenvalue weighted by Gasteiger charge is 2.35. The van der Waals surface area contributed by atoms with E-state index < -0.39 is 0 Å². The van der Waals surface area contributed by atoms with E-state index in [1.807, 2.05) is 6.07 Å². The van der Waals surface area contributed by atoms with E-state index in [-0.39, 0.29) is 35.6 Å². The molecule has 1 fully saturated rings. The molecule has 9 nitrogen and oxygen atoms in total. The summed E-state index contributed by atoms with van der Waals surface area (Å²) in [5.74, 6) is -0.999. The number of carbonyl (C=O) groups is 3. The summed E-state index contributed by atoms with van der Waals surface area (Å²) in [7, 11) is 5.53. The first-order valence-corrected chi connectivity index (χ1v) is 13.9. The Balaban J connectivity index is 1.33. The Labute approximate surface area is 230 Å². The molecule has 3 atom stereocenters. The topological polar surface area (TPSA) is 111 Å². The third kappa shape index (κ3) is 5.67. The van der Waals surface area contributed by atoms with Crippen molar-refractivity contribution in [2.45, 2.75) is 38.3 Å². The summed E-state index contributed by atoms with van der Waals surface area (Å²) in [6.07, 6.45) is 4.24. The molecule has 0 spiro atoms. The van der Waals surface area contributed by atoms with Crippen molar-refractivity contribution < 1.29 is 14.4 Å². The van der Waals surface area contributed by atoms with Crippen LogP contribution in [0.3, 0.4) is 0 Å². The maximum absolute atomic E-state index is 13.2. The predicted octanol–water partition coefficient (Wildman–Crippen LogP) is 3.78. The van der Waals surface area contributed by atoms with Crippen LogP contribution in [0.5, 0.6) is 0 Å². The number of hydrogen-bond donors (Lipinski definition) is 2. The van der Waals surface area contributed by atoms with Crippen LogP contribution in [0, 0.1) is 11.8 Å². The lowest BCUT2D eigenvalue weighted by Crippen LogP contribution is -2.47. The Hall–Kier alpha value is -3.08. The number of rotatable bonds is 5. The smallest absolute Gasteiger partial charge is 0.305 e. The number of hydrogen-bond acceptors (Lipinski definition) is 6. The Bertz CT molecular complexity index is 1410. The van der Waals surface area contributed by atoms with Crippen LogP contribution in [0.4, 0.5) is 0 Å². The third-order valence-electron chi connectivity index (χ3n) is 7.33. The Morgan fingerprint density at radius 1 is 1.26 bits per heavy atom. The quantitative estimate of drug-likeness (QED) is 0.466. The molecule has 3 aromatic rings. The molecule has 200 valence electrons. The molecule has 0 radical (unpaired) electrons. The molecule has 1 aliphatic heterocycles. The van der Waals surface area contributed by atoms with Crippen LogP contribution in [-0.4, -0.2) is 77.4 Å². The van der Waals surface area contributed by atoms with Gasteiger partial charge in [0, 0.05) is 78.5 Å². The van der Waals surface area contributed by atoms with Crippen LogP contribution in [-0.2, 0) is 17.8 Å². The fourth-order valence-corrected chi connectivity index (χ4v) is 6.49. The molecule has 2 aromatic heterocycles. The van der Waals surface area contributed by atoms with E-state index in [4.69, 9.17) is 11.6 Å². The molecule has 0 saturated heterocycles. The van der Waals surface area contributed by atoms with Gasteiger partial charge in [0.15, 0.2) is 5.01 Å². The fraction of sp³-hybridized carbons (Fsp3) is 0.444. The Kier molecular flexibility index (Phi) is 7.65. The predicted molar refractivity (Wildman–Crippen MR) is 149 cm³/mol. The monoisotopic (exact) mass is 554 g/mol. The Morgan fingerprint density at radius 2 is 2.08 bits per heavy atom. The standard InChI is InChI=1S/C27H31ClN6O3S/c1-33(2)27(37)15-4-5-16(13-29-25(36)26-32-20-8-9-34(3)14-23(20)38-26)21(11-15)31-24(35)22-12-17-10-18(28)6-7-19(17)30-22/h6-7,10,12-13,15-16,21,30H,4-5,8-9,11,14H2,1-3H3,(H,31,35)/t15-,16?,21-/m0/s1. The largest absolute Gasteiger partial charge is 0.351 e. The van der Waals surface area contributed by atoms with Crippen molar-refractivity contribution in [2.75, 3.05) is 27.7 Å². The molecule has 5 rings (SSSR count). The second kappa shape index (κ2) is 11.0. The zero-order valence-corrected chi connectivity index (χ0v) is 23.2. The summed E-state index contributed by atoms with van der Waals surface area (Å²) >= 11 is 7.50. The molecular formula is C27H31ClN6O3S. The molecule has 3 amide bonds. The minimum absolute atomic E-state index is 0.0364. The lowest BCUT2D eigenvalue weighted by atomic mass is 9.78. The van der Waals surface area contributed by atoms with Gasteiger partial charge < -0.3 is 20.1 Å². The normalized spacial score (nSPS) is 21.9. The van der Waals surface area contributed by atoms with Gasteiger partial charge in [-0.3, -0.25) is 14.4 Å². The lowest BCUT2D eigenvalue weighted by Gasteiger charge is -2.35. The number of nitrogens with one attached hydrogen (secondary N) is 2. The molecule has 11 heteroatoms. The third-order valence-corrected chi connectivity index (χ3v) is 8.63. The van der Waals surface area contributed by atoms with Crippen molar-refractivity contribution in [3.05, 3.63) is 50.6 Å². The maximum Gasteiger partial charge on any atom is 0.305 e. The number of thiazole rings is 1. The number of aromatic nitrogens is 2. The molecule has 3 heterocycles. The summed E-state index contributed by atoms with van der Waals surface area (Å²) in [6.45, 7) is 1.72. The van der Waals surface area contributed by atoms with Gasteiger partial charge in [0.25, 0.3) is 5.91 Å². The van der Waals surface area contributed by atoms with Gasteiger partial charge in [0.1, 0.15) is 5.69 Å². The van der Waals surface area contributed by atoms with Crippen molar-refractivity contribution in [3.63, 3.8) is 0 Å². The fourth-order valence-electron chi connectivity index (χ4n) is 5.23. The highest BCUT2D eigenvalue weighted by molar-refractivity contribution is 7.13. The van der Waals surface area contributed by atoms with E-state index in [0.29, 0.717) is 35.0 Å². The van der Waals surface area contributed by atoms with Gasteiger partial charge in [-0.1, -0.05) is 11.6 Å². The van der Waals surface area contributed by atoms with Gasteiger partial charge in [0.2, 0.25) is 5.91 Å². The minimum atomic E-state index is -0.365. The average molecular weight is 555 g/mol. The number of carbonyl (C=O) groups excluding carboxylic acids is 3. The number of nitrogens with zero attached hydrogens (tertiary/aromatic N) is 4. The van der Waals surface area contributed by atoms with Crippen LogP contribution in [0.25, 0.3) is 10.9 Å². The number of aliphatic imine (C=N–C) groups is 1. The molecule has 1 aromatic carbocycles. The van der Waals surface area contributed by atoms with Crippen LogP contribution in [0.15, 0.2) is 29.3 Å². The highest BCUT2D eigenvalue weighted by Crippen LogP contribution is 2.31. The van der Waals surface area contributed by atoms with Gasteiger partial charge in [-0.15, -0.1) is 11.3 Å². The molecule has 2 N–H and O–H groups in total. The number of halogens is 1. The molecule has 1 saturated carbocycles. The molecule has 2 aliphatic rings.